The molecule has 1 atom stereocenters. The van der Waals surface area contributed by atoms with Crippen LogP contribution in [0.25, 0.3) is 0 Å². The lowest BCUT2D eigenvalue weighted by molar-refractivity contribution is -0.129. The van der Waals surface area contributed by atoms with Crippen LogP contribution in [0, 0.1) is 0 Å². The molecule has 1 saturated carbocycles. The van der Waals surface area contributed by atoms with Crippen LogP contribution in [0.15, 0.2) is 48.5 Å². The maximum absolute atomic E-state index is 12.3. The Kier molecular flexibility index (Phi) is 2.56. The number of aliphatic hydroxyl groups is 1. The average molecular weight is 281 g/mol. The molecule has 1 unspecified atom stereocenters. The van der Waals surface area contributed by atoms with E-state index in [1.165, 1.54) is 0 Å². The zero-order valence-corrected chi connectivity index (χ0v) is 11.4. The SMILES string of the molecule is O=C1Nc2ccccc2C1(O)c1cccc(OC2CC2)c1. The fraction of sp³-hybridized carbons (Fsp3) is 0.235. The van der Waals surface area contributed by atoms with Crippen LogP contribution in [0.2, 0.25) is 0 Å². The van der Waals surface area contributed by atoms with Gasteiger partial charge in [-0.15, -0.1) is 0 Å². The van der Waals surface area contributed by atoms with Crippen molar-refractivity contribution in [2.24, 2.45) is 0 Å². The van der Waals surface area contributed by atoms with E-state index in [2.05, 4.69) is 5.32 Å². The number of para-hydroxylation sites is 1. The molecule has 0 bridgehead atoms. The molecule has 1 heterocycles. The Labute approximate surface area is 122 Å². The van der Waals surface area contributed by atoms with E-state index in [4.69, 9.17) is 4.74 Å². The summed E-state index contributed by atoms with van der Waals surface area (Å²) in [6.45, 7) is 0. The van der Waals surface area contributed by atoms with Gasteiger partial charge in [-0.1, -0.05) is 30.3 Å². The van der Waals surface area contributed by atoms with Crippen LogP contribution in [-0.2, 0) is 10.4 Å². The molecule has 4 rings (SSSR count). The van der Waals surface area contributed by atoms with Crippen LogP contribution in [0.1, 0.15) is 24.0 Å². The molecule has 1 aliphatic carbocycles. The Bertz CT molecular complexity index is 723. The highest BCUT2D eigenvalue weighted by atomic mass is 16.5. The number of hydrogen-bond acceptors (Lipinski definition) is 3. The molecule has 4 heteroatoms. The minimum atomic E-state index is -1.65. The quantitative estimate of drug-likeness (QED) is 0.908. The van der Waals surface area contributed by atoms with Gasteiger partial charge in [-0.2, -0.15) is 0 Å². The lowest BCUT2D eigenvalue weighted by Crippen LogP contribution is -2.35. The molecule has 1 amide bonds. The monoisotopic (exact) mass is 281 g/mol. The summed E-state index contributed by atoms with van der Waals surface area (Å²) < 4.78 is 5.75. The summed E-state index contributed by atoms with van der Waals surface area (Å²) in [6.07, 6.45) is 2.41. The van der Waals surface area contributed by atoms with Crippen molar-refractivity contribution in [1.29, 1.82) is 0 Å². The van der Waals surface area contributed by atoms with E-state index in [9.17, 15) is 9.90 Å². The molecular weight excluding hydrogens is 266 g/mol. The van der Waals surface area contributed by atoms with Gasteiger partial charge >= 0.3 is 0 Å². The Balaban J connectivity index is 1.79. The number of nitrogens with one attached hydrogen (secondary N) is 1. The summed E-state index contributed by atoms with van der Waals surface area (Å²) in [7, 11) is 0. The van der Waals surface area contributed by atoms with Gasteiger partial charge < -0.3 is 15.2 Å². The molecule has 1 fully saturated rings. The van der Waals surface area contributed by atoms with Gasteiger partial charge in [0.15, 0.2) is 5.60 Å². The summed E-state index contributed by atoms with van der Waals surface area (Å²) in [5.74, 6) is 0.271. The van der Waals surface area contributed by atoms with Crippen LogP contribution < -0.4 is 10.1 Å². The number of rotatable bonds is 3. The normalized spacial score (nSPS) is 23.6. The van der Waals surface area contributed by atoms with Crippen LogP contribution in [0.3, 0.4) is 0 Å². The van der Waals surface area contributed by atoms with Crippen molar-refractivity contribution >= 4 is 11.6 Å². The largest absolute Gasteiger partial charge is 0.490 e. The fourth-order valence-electron chi connectivity index (χ4n) is 2.70. The molecule has 21 heavy (non-hydrogen) atoms. The third-order valence-corrected chi connectivity index (χ3v) is 3.97. The summed E-state index contributed by atoms with van der Waals surface area (Å²) in [5, 5.41) is 13.7. The van der Waals surface area contributed by atoms with Crippen LogP contribution >= 0.6 is 0 Å². The van der Waals surface area contributed by atoms with Gasteiger partial charge in [0, 0.05) is 16.8 Å². The van der Waals surface area contributed by atoms with E-state index < -0.39 is 11.5 Å². The molecular formula is C17H15NO3. The number of ether oxygens (including phenoxy) is 1. The highest BCUT2D eigenvalue weighted by Gasteiger charge is 2.46. The highest BCUT2D eigenvalue weighted by molar-refractivity contribution is 6.07. The van der Waals surface area contributed by atoms with Gasteiger partial charge in [0.2, 0.25) is 0 Å². The van der Waals surface area contributed by atoms with E-state index in [1.807, 2.05) is 18.2 Å². The van der Waals surface area contributed by atoms with Gasteiger partial charge in [-0.05, 0) is 31.0 Å². The molecule has 106 valence electrons. The number of fused-ring (bicyclic) bond motifs is 1. The number of carbonyl (C=O) groups excluding carboxylic acids is 1. The molecule has 2 aliphatic rings. The van der Waals surface area contributed by atoms with Crippen molar-refractivity contribution in [3.05, 3.63) is 59.7 Å². The zero-order chi connectivity index (χ0) is 14.4. The number of carbonyl (C=O) groups is 1. The summed E-state index contributed by atoms with van der Waals surface area (Å²) in [5.41, 5.74) is 0.111. The van der Waals surface area contributed by atoms with Crippen molar-refractivity contribution in [3.63, 3.8) is 0 Å². The first-order valence-corrected chi connectivity index (χ1v) is 7.08. The number of benzene rings is 2. The minimum absolute atomic E-state index is 0.277. The molecule has 2 aromatic rings. The third kappa shape index (κ3) is 1.91. The van der Waals surface area contributed by atoms with Crippen molar-refractivity contribution in [2.75, 3.05) is 5.32 Å². The Morgan fingerprint density at radius 3 is 2.76 bits per heavy atom. The van der Waals surface area contributed by atoms with E-state index in [1.54, 1.807) is 30.3 Å². The smallest absolute Gasteiger partial charge is 0.265 e. The summed E-state index contributed by atoms with van der Waals surface area (Å²) >= 11 is 0. The molecule has 0 aromatic heterocycles. The zero-order valence-electron chi connectivity index (χ0n) is 11.4. The van der Waals surface area contributed by atoms with Crippen molar-refractivity contribution in [3.8, 4) is 5.75 Å². The Morgan fingerprint density at radius 2 is 1.95 bits per heavy atom. The van der Waals surface area contributed by atoms with Gasteiger partial charge in [-0.25, -0.2) is 0 Å². The van der Waals surface area contributed by atoms with E-state index in [0.29, 0.717) is 22.6 Å². The van der Waals surface area contributed by atoms with E-state index in [0.717, 1.165) is 12.8 Å². The van der Waals surface area contributed by atoms with E-state index >= 15 is 0 Å². The Hall–Kier alpha value is -2.33. The minimum Gasteiger partial charge on any atom is -0.490 e. The first-order valence-electron chi connectivity index (χ1n) is 7.08. The van der Waals surface area contributed by atoms with Crippen LogP contribution in [0.5, 0.6) is 5.75 Å². The van der Waals surface area contributed by atoms with Crippen LogP contribution in [0.4, 0.5) is 5.69 Å². The highest BCUT2D eigenvalue weighted by Crippen LogP contribution is 2.41. The molecule has 2 aromatic carbocycles. The molecule has 0 radical (unpaired) electrons. The van der Waals surface area contributed by atoms with Gasteiger partial charge in [-0.3, -0.25) is 4.79 Å². The second-order valence-corrected chi connectivity index (χ2v) is 5.56. The van der Waals surface area contributed by atoms with Gasteiger partial charge in [0.1, 0.15) is 5.75 Å². The van der Waals surface area contributed by atoms with Gasteiger partial charge in [0.25, 0.3) is 5.91 Å². The maximum atomic E-state index is 12.3. The second-order valence-electron chi connectivity index (χ2n) is 5.56. The molecule has 0 spiro atoms. The molecule has 1 aliphatic heterocycles. The number of anilines is 1. The van der Waals surface area contributed by atoms with Crippen molar-refractivity contribution < 1.29 is 14.6 Å². The summed E-state index contributed by atoms with van der Waals surface area (Å²) in [6, 6.07) is 14.4. The predicted octanol–water partition coefficient (Wildman–Crippen LogP) is 2.42. The topological polar surface area (TPSA) is 58.6 Å². The standard InChI is InChI=1S/C17H15NO3/c19-16-17(20,14-6-1-2-7-15(14)18-16)11-4-3-5-13(10-11)21-12-8-9-12/h1-7,10,12,20H,8-9H2,(H,18,19). The molecule has 4 nitrogen and oxygen atoms in total. The summed E-state index contributed by atoms with van der Waals surface area (Å²) in [4.78, 5) is 12.3. The Morgan fingerprint density at radius 1 is 1.14 bits per heavy atom. The lowest BCUT2D eigenvalue weighted by atomic mass is 9.87. The van der Waals surface area contributed by atoms with Crippen molar-refractivity contribution in [2.45, 2.75) is 24.5 Å². The molecule has 2 N–H and O–H groups in total. The van der Waals surface area contributed by atoms with Crippen molar-refractivity contribution in [1.82, 2.24) is 0 Å². The van der Waals surface area contributed by atoms with E-state index in [-0.39, 0.29) is 6.10 Å². The lowest BCUT2D eigenvalue weighted by Gasteiger charge is -2.22. The second kappa shape index (κ2) is 4.33. The van der Waals surface area contributed by atoms with Crippen LogP contribution in [-0.4, -0.2) is 17.1 Å². The first-order chi connectivity index (χ1) is 10.2. The van der Waals surface area contributed by atoms with Gasteiger partial charge in [0.05, 0.1) is 6.10 Å². The maximum Gasteiger partial charge on any atom is 0.265 e. The number of amides is 1. The fourth-order valence-corrected chi connectivity index (χ4v) is 2.70. The molecule has 0 saturated heterocycles. The first kappa shape index (κ1) is 12.4. The predicted molar refractivity (Wildman–Crippen MR) is 78.2 cm³/mol. The third-order valence-electron chi connectivity index (χ3n) is 3.97. The average Bonchev–Trinajstić information content (AvgIpc) is 3.26. The number of hydrogen-bond donors (Lipinski definition) is 2.